The summed E-state index contributed by atoms with van der Waals surface area (Å²) >= 11 is 0. The average Bonchev–Trinajstić information content (AvgIpc) is 2.79. The summed E-state index contributed by atoms with van der Waals surface area (Å²) in [5, 5.41) is 0. The molecule has 3 aliphatic rings. The molecule has 0 amide bonds. The summed E-state index contributed by atoms with van der Waals surface area (Å²) in [6.45, 7) is 6.52. The van der Waals surface area contributed by atoms with Gasteiger partial charge >= 0.3 is 12.1 Å². The maximum Gasteiger partial charge on any atom is 0.401 e. The number of halogens is 3. The highest BCUT2D eigenvalue weighted by molar-refractivity contribution is 5.73. The molecular formula is C18H28F3NO2. The third-order valence-electron chi connectivity index (χ3n) is 7.30. The van der Waals surface area contributed by atoms with E-state index < -0.39 is 12.7 Å². The second-order valence-electron chi connectivity index (χ2n) is 8.70. The molecule has 2 aliphatic carbocycles. The van der Waals surface area contributed by atoms with Crippen molar-refractivity contribution in [3.05, 3.63) is 0 Å². The number of likely N-dealkylation sites (tertiary alicyclic amines) is 1. The van der Waals surface area contributed by atoms with E-state index in [1.807, 2.05) is 0 Å². The Bertz CT molecular complexity index is 497. The van der Waals surface area contributed by atoms with Crippen LogP contribution in [0.1, 0.15) is 52.9 Å². The van der Waals surface area contributed by atoms with Gasteiger partial charge in [0.15, 0.2) is 0 Å². The summed E-state index contributed by atoms with van der Waals surface area (Å²) < 4.78 is 43.2. The van der Waals surface area contributed by atoms with Crippen LogP contribution in [-0.2, 0) is 9.53 Å². The van der Waals surface area contributed by atoms with E-state index >= 15 is 0 Å². The molecule has 6 heteroatoms. The Balaban J connectivity index is 1.53. The van der Waals surface area contributed by atoms with Crippen LogP contribution in [0.2, 0.25) is 0 Å². The largest absolute Gasteiger partial charge is 0.462 e. The third kappa shape index (κ3) is 3.06. The van der Waals surface area contributed by atoms with Crippen molar-refractivity contribution in [2.24, 2.45) is 22.7 Å². The van der Waals surface area contributed by atoms with Crippen molar-refractivity contribution in [2.45, 2.75) is 65.2 Å². The van der Waals surface area contributed by atoms with Gasteiger partial charge in [-0.1, -0.05) is 20.8 Å². The summed E-state index contributed by atoms with van der Waals surface area (Å²) in [7, 11) is 0. The first-order valence-corrected chi connectivity index (χ1v) is 9.02. The number of esters is 1. The summed E-state index contributed by atoms with van der Waals surface area (Å²) in [5.41, 5.74) is 0.221. The molecule has 0 aromatic rings. The number of piperidine rings is 1. The lowest BCUT2D eigenvalue weighted by molar-refractivity contribution is -0.166. The van der Waals surface area contributed by atoms with Crippen LogP contribution in [0.3, 0.4) is 0 Å². The Hall–Kier alpha value is -0.780. The lowest BCUT2D eigenvalue weighted by Gasteiger charge is -2.39. The van der Waals surface area contributed by atoms with E-state index in [-0.39, 0.29) is 28.8 Å². The molecule has 1 saturated heterocycles. The molecule has 3 fully saturated rings. The maximum atomic E-state index is 12.5. The van der Waals surface area contributed by atoms with Gasteiger partial charge in [0.05, 0.1) is 12.5 Å². The molecule has 3 unspecified atom stereocenters. The number of carbonyl (C=O) groups is 1. The lowest BCUT2D eigenvalue weighted by atomic mass is 9.70. The first-order valence-electron chi connectivity index (χ1n) is 9.02. The minimum atomic E-state index is -4.17. The lowest BCUT2D eigenvalue weighted by Crippen LogP contribution is -2.43. The molecule has 0 radical (unpaired) electrons. The fourth-order valence-electron chi connectivity index (χ4n) is 5.13. The predicted molar refractivity (Wildman–Crippen MR) is 84.3 cm³/mol. The molecular weight excluding hydrogens is 319 g/mol. The number of ether oxygens (including phenoxy) is 1. The van der Waals surface area contributed by atoms with E-state index in [4.69, 9.17) is 4.74 Å². The molecule has 138 valence electrons. The number of hydrogen-bond acceptors (Lipinski definition) is 3. The Morgan fingerprint density at radius 3 is 2.25 bits per heavy atom. The van der Waals surface area contributed by atoms with E-state index in [9.17, 15) is 18.0 Å². The topological polar surface area (TPSA) is 29.5 Å². The first-order chi connectivity index (χ1) is 11.0. The summed E-state index contributed by atoms with van der Waals surface area (Å²) in [6, 6.07) is 0. The molecule has 0 N–H and O–H groups in total. The SMILES string of the molecule is CC1(C)C2CCC1(C)C(OC(=O)C1CCN(CC(F)(F)F)CC1)C2. The van der Waals surface area contributed by atoms with Gasteiger partial charge in [0, 0.05) is 5.41 Å². The Morgan fingerprint density at radius 1 is 1.17 bits per heavy atom. The molecule has 2 bridgehead atoms. The molecule has 3 nitrogen and oxygen atoms in total. The van der Waals surface area contributed by atoms with Crippen LogP contribution in [0, 0.1) is 22.7 Å². The summed E-state index contributed by atoms with van der Waals surface area (Å²) in [4.78, 5) is 13.9. The van der Waals surface area contributed by atoms with Crippen molar-refractivity contribution < 1.29 is 22.7 Å². The quantitative estimate of drug-likeness (QED) is 0.722. The highest BCUT2D eigenvalue weighted by Gasteiger charge is 2.63. The highest BCUT2D eigenvalue weighted by Crippen LogP contribution is 2.66. The Labute approximate surface area is 141 Å². The monoisotopic (exact) mass is 347 g/mol. The second kappa shape index (κ2) is 5.89. The number of alkyl halides is 3. The molecule has 3 atom stereocenters. The number of fused-ring (bicyclic) bond motifs is 2. The number of nitrogens with zero attached hydrogens (tertiary/aromatic N) is 1. The first kappa shape index (κ1) is 18.0. The molecule has 1 heterocycles. The molecule has 2 saturated carbocycles. The van der Waals surface area contributed by atoms with Gasteiger partial charge in [-0.3, -0.25) is 9.69 Å². The Kier molecular flexibility index (Phi) is 4.42. The minimum absolute atomic E-state index is 0.0321. The fourth-order valence-corrected chi connectivity index (χ4v) is 5.13. The van der Waals surface area contributed by atoms with Gasteiger partial charge in [-0.25, -0.2) is 0 Å². The summed E-state index contributed by atoms with van der Waals surface area (Å²) in [5.74, 6) is 0.158. The molecule has 0 aromatic carbocycles. The molecule has 3 rings (SSSR count). The van der Waals surface area contributed by atoms with Crippen LogP contribution in [0.25, 0.3) is 0 Å². The van der Waals surface area contributed by atoms with E-state index in [1.54, 1.807) is 0 Å². The van der Waals surface area contributed by atoms with Crippen molar-refractivity contribution in [3.8, 4) is 0 Å². The van der Waals surface area contributed by atoms with Crippen LogP contribution in [0.15, 0.2) is 0 Å². The molecule has 0 spiro atoms. The zero-order chi connectivity index (χ0) is 17.8. The van der Waals surface area contributed by atoms with Crippen molar-refractivity contribution in [1.82, 2.24) is 4.90 Å². The molecule has 0 aromatic heterocycles. The predicted octanol–water partition coefficient (Wildman–Crippen LogP) is 4.02. The highest BCUT2D eigenvalue weighted by atomic mass is 19.4. The maximum absolute atomic E-state index is 12.5. The van der Waals surface area contributed by atoms with Gasteiger partial charge in [-0.2, -0.15) is 13.2 Å². The van der Waals surface area contributed by atoms with E-state index in [2.05, 4.69) is 20.8 Å². The number of hydrogen-bond donors (Lipinski definition) is 0. The van der Waals surface area contributed by atoms with Crippen molar-refractivity contribution in [1.29, 1.82) is 0 Å². The van der Waals surface area contributed by atoms with Crippen LogP contribution in [0.4, 0.5) is 13.2 Å². The minimum Gasteiger partial charge on any atom is -0.462 e. The van der Waals surface area contributed by atoms with Gasteiger partial charge in [0.1, 0.15) is 6.10 Å². The molecule has 1 aliphatic heterocycles. The third-order valence-corrected chi connectivity index (χ3v) is 7.30. The van der Waals surface area contributed by atoms with Gasteiger partial charge < -0.3 is 4.74 Å². The zero-order valence-electron chi connectivity index (χ0n) is 14.8. The van der Waals surface area contributed by atoms with Crippen LogP contribution in [-0.4, -0.2) is 42.8 Å². The van der Waals surface area contributed by atoms with E-state index in [1.165, 1.54) is 11.3 Å². The standard InChI is InChI=1S/C18H28F3NO2/c1-16(2)13-4-7-17(16,3)14(10-13)24-15(23)12-5-8-22(9-6-12)11-18(19,20)21/h12-14H,4-11H2,1-3H3. The van der Waals surface area contributed by atoms with Gasteiger partial charge in [-0.05, 0) is 56.5 Å². The fraction of sp³-hybridized carbons (Fsp3) is 0.944. The van der Waals surface area contributed by atoms with Crippen molar-refractivity contribution in [3.63, 3.8) is 0 Å². The second-order valence-corrected chi connectivity index (χ2v) is 8.70. The van der Waals surface area contributed by atoms with Crippen LogP contribution < -0.4 is 0 Å². The van der Waals surface area contributed by atoms with Crippen LogP contribution >= 0.6 is 0 Å². The average molecular weight is 347 g/mol. The number of rotatable bonds is 3. The van der Waals surface area contributed by atoms with E-state index in [0.717, 1.165) is 12.8 Å². The van der Waals surface area contributed by atoms with Gasteiger partial charge in [-0.15, -0.1) is 0 Å². The van der Waals surface area contributed by atoms with Gasteiger partial charge in [0.2, 0.25) is 0 Å². The van der Waals surface area contributed by atoms with E-state index in [0.29, 0.717) is 31.8 Å². The Morgan fingerprint density at radius 2 is 1.79 bits per heavy atom. The number of carbonyl (C=O) groups excluding carboxylic acids is 1. The molecule has 24 heavy (non-hydrogen) atoms. The smallest absolute Gasteiger partial charge is 0.401 e. The van der Waals surface area contributed by atoms with Crippen LogP contribution in [0.5, 0.6) is 0 Å². The van der Waals surface area contributed by atoms with Crippen molar-refractivity contribution >= 4 is 5.97 Å². The normalized spacial score (nSPS) is 36.9. The van der Waals surface area contributed by atoms with Crippen molar-refractivity contribution in [2.75, 3.05) is 19.6 Å². The zero-order valence-corrected chi connectivity index (χ0v) is 14.8. The summed E-state index contributed by atoms with van der Waals surface area (Å²) in [6.07, 6.45) is -0.0540. The van der Waals surface area contributed by atoms with Gasteiger partial charge in [0.25, 0.3) is 0 Å².